The third-order valence-electron chi connectivity index (χ3n) is 3.00. The Hall–Kier alpha value is -2.34. The van der Waals surface area contributed by atoms with Crippen LogP contribution in [0.1, 0.15) is 11.4 Å². The molecular weight excluding hydrogens is 276 g/mol. The van der Waals surface area contributed by atoms with Gasteiger partial charge in [-0.05, 0) is 25.1 Å². The molecule has 0 spiro atoms. The van der Waals surface area contributed by atoms with Crippen LogP contribution >= 0.6 is 11.6 Å². The van der Waals surface area contributed by atoms with Crippen molar-refractivity contribution in [1.82, 2.24) is 24.7 Å². The highest BCUT2D eigenvalue weighted by atomic mass is 35.5. The lowest BCUT2D eigenvalue weighted by atomic mass is 10.2. The van der Waals surface area contributed by atoms with Crippen molar-refractivity contribution in [2.24, 2.45) is 0 Å². The van der Waals surface area contributed by atoms with Crippen LogP contribution in [0.15, 0.2) is 37.2 Å². The van der Waals surface area contributed by atoms with Gasteiger partial charge in [0.15, 0.2) is 0 Å². The summed E-state index contributed by atoms with van der Waals surface area (Å²) in [4.78, 5) is 11.3. The minimum Gasteiger partial charge on any atom is -0.378 e. The molecule has 0 radical (unpaired) electrons. The number of hydrogen-bond donors (Lipinski definition) is 2. The van der Waals surface area contributed by atoms with E-state index in [4.69, 9.17) is 11.6 Å². The first-order valence-corrected chi connectivity index (χ1v) is 6.49. The number of hydrogen-bond acceptors (Lipinski definition) is 4. The molecule has 0 fully saturated rings. The number of aromatic nitrogens is 5. The summed E-state index contributed by atoms with van der Waals surface area (Å²) in [5.74, 6) is 0. The van der Waals surface area contributed by atoms with E-state index < -0.39 is 0 Å². The number of H-pyrrole nitrogens is 1. The summed E-state index contributed by atoms with van der Waals surface area (Å²) < 4.78 is 1.69. The number of nitrogens with zero attached hydrogens (tertiary/aromatic N) is 4. The summed E-state index contributed by atoms with van der Waals surface area (Å²) in [5, 5.41) is 8.13. The van der Waals surface area contributed by atoms with Crippen molar-refractivity contribution in [3.8, 4) is 5.69 Å². The second-order valence-corrected chi connectivity index (χ2v) is 4.77. The summed E-state index contributed by atoms with van der Waals surface area (Å²) in [5.41, 5.74) is 3.78. The van der Waals surface area contributed by atoms with Gasteiger partial charge in [0.25, 0.3) is 0 Å². The molecule has 2 heterocycles. The van der Waals surface area contributed by atoms with Crippen molar-refractivity contribution in [2.75, 3.05) is 5.32 Å². The number of anilines is 1. The SMILES string of the molecule is Cc1[nH]cnc1CNc1cc(Cl)ccc1-n1cncn1. The Labute approximate surface area is 120 Å². The second-order valence-electron chi connectivity index (χ2n) is 4.33. The number of nitrogens with one attached hydrogen (secondary N) is 2. The highest BCUT2D eigenvalue weighted by molar-refractivity contribution is 6.31. The Morgan fingerprint density at radius 1 is 1.40 bits per heavy atom. The fourth-order valence-electron chi connectivity index (χ4n) is 1.93. The van der Waals surface area contributed by atoms with Gasteiger partial charge in [0.1, 0.15) is 12.7 Å². The smallest absolute Gasteiger partial charge is 0.138 e. The third kappa shape index (κ3) is 2.50. The molecule has 1 aromatic carbocycles. The highest BCUT2D eigenvalue weighted by Gasteiger charge is 2.08. The molecule has 0 saturated heterocycles. The van der Waals surface area contributed by atoms with E-state index in [1.165, 1.54) is 6.33 Å². The Bertz CT molecular complexity index is 703. The summed E-state index contributed by atoms with van der Waals surface area (Å²) in [6, 6.07) is 5.58. The van der Waals surface area contributed by atoms with E-state index in [9.17, 15) is 0 Å². The fraction of sp³-hybridized carbons (Fsp3) is 0.154. The van der Waals surface area contributed by atoms with Gasteiger partial charge in [-0.15, -0.1) is 0 Å². The molecular formula is C13H13ClN6. The van der Waals surface area contributed by atoms with Crippen molar-refractivity contribution in [1.29, 1.82) is 0 Å². The molecule has 0 atom stereocenters. The van der Waals surface area contributed by atoms with Crippen LogP contribution in [0.3, 0.4) is 0 Å². The van der Waals surface area contributed by atoms with E-state index in [0.717, 1.165) is 22.8 Å². The topological polar surface area (TPSA) is 71.4 Å². The normalized spacial score (nSPS) is 10.7. The lowest BCUT2D eigenvalue weighted by Crippen LogP contribution is -2.06. The standard InChI is InChI=1S/C13H13ClN6/c1-9-12(18-7-17-9)5-16-11-4-10(14)2-3-13(11)20-8-15-6-19-20/h2-4,6-8,16H,5H2,1H3,(H,17,18). The quantitative estimate of drug-likeness (QED) is 0.774. The van der Waals surface area contributed by atoms with Crippen molar-refractivity contribution in [3.63, 3.8) is 0 Å². The number of halogens is 1. The van der Waals surface area contributed by atoms with Crippen LogP contribution in [0.5, 0.6) is 0 Å². The van der Waals surface area contributed by atoms with Crippen LogP contribution in [-0.2, 0) is 6.54 Å². The number of rotatable bonds is 4. The molecule has 102 valence electrons. The van der Waals surface area contributed by atoms with E-state index in [0.29, 0.717) is 11.6 Å². The largest absolute Gasteiger partial charge is 0.378 e. The molecule has 0 aliphatic rings. The maximum absolute atomic E-state index is 6.06. The average molecular weight is 289 g/mol. The van der Waals surface area contributed by atoms with E-state index in [1.54, 1.807) is 17.3 Å². The number of benzene rings is 1. The zero-order chi connectivity index (χ0) is 13.9. The van der Waals surface area contributed by atoms with E-state index in [1.807, 2.05) is 25.1 Å². The molecule has 0 amide bonds. The second kappa shape index (κ2) is 5.34. The van der Waals surface area contributed by atoms with Crippen LogP contribution in [-0.4, -0.2) is 24.7 Å². The molecule has 0 aliphatic carbocycles. The number of imidazole rings is 1. The molecule has 0 unspecified atom stereocenters. The zero-order valence-electron chi connectivity index (χ0n) is 10.8. The van der Waals surface area contributed by atoms with Crippen LogP contribution < -0.4 is 5.32 Å². The zero-order valence-corrected chi connectivity index (χ0v) is 11.6. The minimum absolute atomic E-state index is 0.609. The van der Waals surface area contributed by atoms with Gasteiger partial charge in [-0.3, -0.25) is 0 Å². The predicted octanol–water partition coefficient (Wildman–Crippen LogP) is 2.56. The van der Waals surface area contributed by atoms with Gasteiger partial charge in [-0.1, -0.05) is 11.6 Å². The summed E-state index contributed by atoms with van der Waals surface area (Å²) >= 11 is 6.06. The van der Waals surface area contributed by atoms with Crippen LogP contribution in [0, 0.1) is 6.92 Å². The Balaban J connectivity index is 1.88. The molecule has 0 saturated carbocycles. The van der Waals surface area contributed by atoms with Crippen LogP contribution in [0.4, 0.5) is 5.69 Å². The Kier molecular flexibility index (Phi) is 3.39. The highest BCUT2D eigenvalue weighted by Crippen LogP contribution is 2.24. The van der Waals surface area contributed by atoms with Crippen LogP contribution in [0.2, 0.25) is 5.02 Å². The molecule has 0 aliphatic heterocycles. The maximum Gasteiger partial charge on any atom is 0.138 e. The molecule has 3 aromatic rings. The van der Waals surface area contributed by atoms with Gasteiger partial charge in [0.05, 0.1) is 29.9 Å². The van der Waals surface area contributed by atoms with Gasteiger partial charge in [-0.2, -0.15) is 5.10 Å². The first kappa shape index (κ1) is 12.7. The lowest BCUT2D eigenvalue weighted by molar-refractivity contribution is 0.877. The van der Waals surface area contributed by atoms with E-state index in [-0.39, 0.29) is 0 Å². The number of aromatic amines is 1. The Morgan fingerprint density at radius 3 is 3.00 bits per heavy atom. The average Bonchev–Trinajstić information content (AvgIpc) is 3.08. The van der Waals surface area contributed by atoms with Gasteiger partial charge < -0.3 is 10.3 Å². The molecule has 3 rings (SSSR count). The summed E-state index contributed by atoms with van der Waals surface area (Å²) in [7, 11) is 0. The van der Waals surface area contributed by atoms with Crippen molar-refractivity contribution < 1.29 is 0 Å². The van der Waals surface area contributed by atoms with Gasteiger partial charge in [0.2, 0.25) is 0 Å². The third-order valence-corrected chi connectivity index (χ3v) is 3.24. The van der Waals surface area contributed by atoms with Crippen molar-refractivity contribution >= 4 is 17.3 Å². The molecule has 7 heteroatoms. The first-order valence-electron chi connectivity index (χ1n) is 6.11. The minimum atomic E-state index is 0.609. The fourth-order valence-corrected chi connectivity index (χ4v) is 2.10. The number of aryl methyl sites for hydroxylation is 1. The van der Waals surface area contributed by atoms with Gasteiger partial charge in [0, 0.05) is 10.7 Å². The van der Waals surface area contributed by atoms with Crippen LogP contribution in [0.25, 0.3) is 5.69 Å². The molecule has 2 aromatic heterocycles. The monoisotopic (exact) mass is 288 g/mol. The van der Waals surface area contributed by atoms with E-state index >= 15 is 0 Å². The van der Waals surface area contributed by atoms with Crippen molar-refractivity contribution in [2.45, 2.75) is 13.5 Å². The molecule has 6 nitrogen and oxygen atoms in total. The maximum atomic E-state index is 6.06. The summed E-state index contributed by atoms with van der Waals surface area (Å²) in [6.07, 6.45) is 4.83. The Morgan fingerprint density at radius 2 is 2.30 bits per heavy atom. The lowest BCUT2D eigenvalue weighted by Gasteiger charge is -2.11. The molecule has 0 bridgehead atoms. The first-order chi connectivity index (χ1) is 9.74. The summed E-state index contributed by atoms with van der Waals surface area (Å²) in [6.45, 7) is 2.59. The van der Waals surface area contributed by atoms with Gasteiger partial charge >= 0.3 is 0 Å². The van der Waals surface area contributed by atoms with Gasteiger partial charge in [-0.25, -0.2) is 14.6 Å². The molecule has 2 N–H and O–H groups in total. The predicted molar refractivity (Wildman–Crippen MR) is 77.0 cm³/mol. The van der Waals surface area contributed by atoms with Crippen molar-refractivity contribution in [3.05, 3.63) is 53.6 Å². The van der Waals surface area contributed by atoms with E-state index in [2.05, 4.69) is 25.4 Å². The molecule has 20 heavy (non-hydrogen) atoms.